The van der Waals surface area contributed by atoms with Crippen LogP contribution < -0.4 is 17.0 Å². The van der Waals surface area contributed by atoms with Crippen molar-refractivity contribution in [3.8, 4) is 0 Å². The monoisotopic (exact) mass is 676 g/mol. The highest BCUT2D eigenvalue weighted by atomic mass is 79.9. The predicted octanol–water partition coefficient (Wildman–Crippen LogP) is 4.64. The van der Waals surface area contributed by atoms with E-state index in [-0.39, 0.29) is 34.5 Å². The summed E-state index contributed by atoms with van der Waals surface area (Å²) in [4.78, 5) is 15.5. The van der Waals surface area contributed by atoms with E-state index >= 15 is 0 Å². The van der Waals surface area contributed by atoms with E-state index in [1.807, 2.05) is 0 Å². The summed E-state index contributed by atoms with van der Waals surface area (Å²) < 4.78 is 14.4. The molecule has 5 nitrogen and oxygen atoms in total. The van der Waals surface area contributed by atoms with Gasteiger partial charge in [-0.25, -0.2) is 0 Å². The summed E-state index contributed by atoms with van der Waals surface area (Å²) in [5, 5.41) is 0. The molecule has 6 aliphatic rings. The lowest BCUT2D eigenvalue weighted by molar-refractivity contribution is -0.952. The molecule has 10 atom stereocenters. The van der Waals surface area contributed by atoms with Crippen molar-refractivity contribution in [2.75, 3.05) is 39.3 Å². The molecule has 6 heteroatoms. The SMILES string of the molecule is C=CC[N+]1(C2C[C@H]3[C@@H]4CCC5CC(OCC(C)C)C(N6CCCCC6)C[C@]5(C)[C@@H]4CC[C@]3(C)C2OC(C)=O)CCCCC1.[Br-]. The Balaban J connectivity index is 0.00000384. The molecule has 0 spiro atoms. The van der Waals surface area contributed by atoms with Gasteiger partial charge in [0.1, 0.15) is 6.04 Å². The first-order valence-corrected chi connectivity index (χ1v) is 18.6. The van der Waals surface area contributed by atoms with Crippen molar-refractivity contribution in [2.45, 2.75) is 142 Å². The van der Waals surface area contributed by atoms with Crippen LogP contribution in [0.25, 0.3) is 0 Å². The van der Waals surface area contributed by atoms with Crippen molar-refractivity contribution < 1.29 is 35.7 Å². The van der Waals surface area contributed by atoms with Gasteiger partial charge < -0.3 is 30.9 Å². The molecule has 0 amide bonds. The molecule has 6 rings (SSSR count). The molecule has 44 heavy (non-hydrogen) atoms. The van der Waals surface area contributed by atoms with Crippen LogP contribution in [-0.4, -0.2) is 79.0 Å². The number of ether oxygens (including phenoxy) is 2. The minimum Gasteiger partial charge on any atom is -1.00 e. The zero-order chi connectivity index (χ0) is 30.4. The standard InChI is InChI=1S/C38H65N2O3.BrH/c1-7-20-40(21-12-9-13-22-40)34-24-32-30-15-14-29-23-35(42-26-27(2)3)33(39-18-10-8-11-19-39)25-38(29,6)31(30)16-17-37(32,5)36(34)43-28(4)41;/h7,27,29-36H,1,8-26H2,2-6H3;1H/q+1;/p-1/t29?,30-,31-,32+,33?,34?,35?,36?,37+,38+;/m1./s1. The molecule has 0 bridgehead atoms. The Hall–Kier alpha value is -0.430. The number of quaternary nitrogens is 1. The van der Waals surface area contributed by atoms with Crippen LogP contribution in [0.2, 0.25) is 0 Å². The van der Waals surface area contributed by atoms with Gasteiger partial charge in [0.05, 0.1) is 25.7 Å². The van der Waals surface area contributed by atoms with Crippen molar-refractivity contribution in [3.05, 3.63) is 12.7 Å². The van der Waals surface area contributed by atoms with Crippen LogP contribution >= 0.6 is 0 Å². The summed E-state index contributed by atoms with van der Waals surface area (Å²) in [5.41, 5.74) is 0.478. The molecule has 6 fully saturated rings. The molecule has 5 unspecified atom stereocenters. The van der Waals surface area contributed by atoms with Crippen molar-refractivity contribution >= 4 is 5.97 Å². The van der Waals surface area contributed by atoms with Gasteiger partial charge in [-0.2, -0.15) is 0 Å². The third kappa shape index (κ3) is 6.26. The highest BCUT2D eigenvalue weighted by Gasteiger charge is 2.67. The molecule has 0 radical (unpaired) electrons. The summed E-state index contributed by atoms with van der Waals surface area (Å²) in [7, 11) is 0. The number of fused-ring (bicyclic) bond motifs is 5. The fraction of sp³-hybridized carbons (Fsp3) is 0.921. The minimum absolute atomic E-state index is 0. The second-order valence-corrected chi connectivity index (χ2v) is 17.1. The number of rotatable bonds is 8. The Morgan fingerprint density at radius 2 is 1.68 bits per heavy atom. The Bertz CT molecular complexity index is 993. The molecule has 4 aliphatic carbocycles. The summed E-state index contributed by atoms with van der Waals surface area (Å²) in [6.45, 7) is 22.6. The quantitative estimate of drug-likeness (QED) is 0.214. The fourth-order valence-electron chi connectivity index (χ4n) is 12.3. The maximum atomic E-state index is 12.7. The summed E-state index contributed by atoms with van der Waals surface area (Å²) in [6, 6.07) is 0.995. The number of carbonyl (C=O) groups is 1. The van der Waals surface area contributed by atoms with Gasteiger partial charge in [-0.15, -0.1) is 0 Å². The highest BCUT2D eigenvalue weighted by molar-refractivity contribution is 5.66. The molecular formula is C38H65BrN2O3. The zero-order valence-electron chi connectivity index (χ0n) is 28.9. The highest BCUT2D eigenvalue weighted by Crippen LogP contribution is 2.68. The van der Waals surface area contributed by atoms with E-state index in [1.54, 1.807) is 6.92 Å². The molecular weight excluding hydrogens is 612 g/mol. The van der Waals surface area contributed by atoms with Crippen LogP contribution in [0, 0.1) is 40.4 Å². The molecule has 0 aromatic heterocycles. The Kier molecular flexibility index (Phi) is 11.1. The van der Waals surface area contributed by atoms with Gasteiger partial charge >= 0.3 is 5.97 Å². The van der Waals surface area contributed by atoms with Crippen LogP contribution in [0.4, 0.5) is 0 Å². The van der Waals surface area contributed by atoms with Gasteiger partial charge in [-0.1, -0.05) is 40.7 Å². The van der Waals surface area contributed by atoms with E-state index in [0.717, 1.165) is 35.4 Å². The molecule has 0 aromatic carbocycles. The molecule has 0 N–H and O–H groups in total. The Morgan fingerprint density at radius 1 is 0.977 bits per heavy atom. The van der Waals surface area contributed by atoms with Gasteiger partial charge in [0.2, 0.25) is 0 Å². The minimum atomic E-state index is -0.0764. The van der Waals surface area contributed by atoms with Crippen LogP contribution in [0.5, 0.6) is 0 Å². The number of hydrogen-bond donors (Lipinski definition) is 0. The summed E-state index contributed by atoms with van der Waals surface area (Å²) in [5.74, 6) is 3.49. The molecule has 4 saturated carbocycles. The van der Waals surface area contributed by atoms with Crippen molar-refractivity contribution in [3.63, 3.8) is 0 Å². The smallest absolute Gasteiger partial charge is 0.303 e. The fourth-order valence-corrected chi connectivity index (χ4v) is 12.3. The first-order valence-electron chi connectivity index (χ1n) is 18.6. The molecule has 2 aliphatic heterocycles. The van der Waals surface area contributed by atoms with E-state index in [9.17, 15) is 4.79 Å². The van der Waals surface area contributed by atoms with Gasteiger partial charge in [-0.3, -0.25) is 9.69 Å². The van der Waals surface area contributed by atoms with Crippen molar-refractivity contribution in [1.29, 1.82) is 0 Å². The lowest BCUT2D eigenvalue weighted by Crippen LogP contribution is -3.00. The summed E-state index contributed by atoms with van der Waals surface area (Å²) in [6.07, 6.45) is 19.7. The lowest BCUT2D eigenvalue weighted by atomic mass is 9.44. The topological polar surface area (TPSA) is 38.8 Å². The number of esters is 1. The third-order valence-corrected chi connectivity index (χ3v) is 14.3. The number of carbonyl (C=O) groups excluding carboxylic acids is 1. The average molecular weight is 678 g/mol. The zero-order valence-corrected chi connectivity index (χ0v) is 30.5. The molecule has 2 heterocycles. The number of hydrogen-bond acceptors (Lipinski definition) is 4. The van der Waals surface area contributed by atoms with Crippen LogP contribution in [0.15, 0.2) is 12.7 Å². The number of halogens is 1. The third-order valence-electron chi connectivity index (χ3n) is 14.3. The Morgan fingerprint density at radius 3 is 2.34 bits per heavy atom. The Labute approximate surface area is 280 Å². The molecule has 0 aromatic rings. The second-order valence-electron chi connectivity index (χ2n) is 17.1. The van der Waals surface area contributed by atoms with Gasteiger partial charge in [0.15, 0.2) is 6.10 Å². The maximum Gasteiger partial charge on any atom is 0.303 e. The summed E-state index contributed by atoms with van der Waals surface area (Å²) >= 11 is 0. The first-order chi connectivity index (χ1) is 20.6. The lowest BCUT2D eigenvalue weighted by Gasteiger charge is -2.62. The number of piperidine rings is 2. The predicted molar refractivity (Wildman–Crippen MR) is 175 cm³/mol. The largest absolute Gasteiger partial charge is 1.00 e. The van der Waals surface area contributed by atoms with Gasteiger partial charge in [0, 0.05) is 31.4 Å². The van der Waals surface area contributed by atoms with E-state index in [0.29, 0.717) is 35.4 Å². The molecule has 252 valence electrons. The van der Waals surface area contributed by atoms with Gasteiger partial charge in [0.25, 0.3) is 0 Å². The van der Waals surface area contributed by atoms with E-state index in [2.05, 4.69) is 45.2 Å². The number of likely N-dealkylation sites (tertiary alicyclic amines) is 2. The average Bonchev–Trinajstić information content (AvgIpc) is 3.29. The first kappa shape index (κ1) is 34.9. The van der Waals surface area contributed by atoms with Crippen LogP contribution in [0.3, 0.4) is 0 Å². The van der Waals surface area contributed by atoms with E-state index in [1.165, 1.54) is 110 Å². The second kappa shape index (κ2) is 14.0. The molecule has 2 saturated heterocycles. The normalized spacial score (nSPS) is 43.7. The van der Waals surface area contributed by atoms with Crippen LogP contribution in [0.1, 0.15) is 118 Å². The van der Waals surface area contributed by atoms with Crippen molar-refractivity contribution in [1.82, 2.24) is 4.90 Å². The van der Waals surface area contributed by atoms with Crippen molar-refractivity contribution in [2.24, 2.45) is 40.4 Å². The van der Waals surface area contributed by atoms with Crippen LogP contribution in [-0.2, 0) is 14.3 Å². The maximum absolute atomic E-state index is 12.7. The van der Waals surface area contributed by atoms with E-state index in [4.69, 9.17) is 9.47 Å². The number of nitrogens with zero attached hydrogens (tertiary/aromatic N) is 2. The van der Waals surface area contributed by atoms with E-state index < -0.39 is 0 Å². The van der Waals surface area contributed by atoms with Gasteiger partial charge in [-0.05, 0) is 125 Å².